The van der Waals surface area contributed by atoms with Crippen molar-refractivity contribution in [3.63, 3.8) is 0 Å². The first kappa shape index (κ1) is 13.4. The molecule has 17 heavy (non-hydrogen) atoms. The molecule has 0 spiro atoms. The van der Waals surface area contributed by atoms with E-state index in [0.717, 1.165) is 46.7 Å². The van der Waals surface area contributed by atoms with Crippen LogP contribution in [0.25, 0.3) is 0 Å². The quantitative estimate of drug-likeness (QED) is 0.784. The van der Waals surface area contributed by atoms with Crippen LogP contribution in [0, 0.1) is 5.92 Å². The van der Waals surface area contributed by atoms with Crippen molar-refractivity contribution in [3.05, 3.63) is 26.6 Å². The van der Waals surface area contributed by atoms with Gasteiger partial charge < -0.3 is 10.8 Å². The lowest BCUT2D eigenvalue weighted by Gasteiger charge is -2.26. The third-order valence-electron chi connectivity index (χ3n) is 3.50. The van der Waals surface area contributed by atoms with Crippen molar-refractivity contribution in [1.82, 2.24) is 0 Å². The van der Waals surface area contributed by atoms with Gasteiger partial charge in [-0.2, -0.15) is 0 Å². The molecule has 94 valence electrons. The highest BCUT2D eigenvalue weighted by atomic mass is 79.9. The lowest BCUT2D eigenvalue weighted by molar-refractivity contribution is 0.109. The van der Waals surface area contributed by atoms with E-state index < -0.39 is 0 Å². The molecule has 0 aromatic heterocycles. The van der Waals surface area contributed by atoms with Gasteiger partial charge in [0.2, 0.25) is 0 Å². The molecule has 0 atom stereocenters. The minimum atomic E-state index is -0.0853. The van der Waals surface area contributed by atoms with Crippen molar-refractivity contribution in [3.8, 4) is 0 Å². The molecule has 0 radical (unpaired) electrons. The largest absolute Gasteiger partial charge is 0.398 e. The molecule has 0 aliphatic heterocycles. The SMILES string of the molecule is Nc1c(Br)cc(Br)cc1CC1CCC(O)CC1. The molecule has 0 bridgehead atoms. The van der Waals surface area contributed by atoms with Gasteiger partial charge in [-0.3, -0.25) is 0 Å². The van der Waals surface area contributed by atoms with Gasteiger partial charge in [0.05, 0.1) is 6.10 Å². The van der Waals surface area contributed by atoms with Crippen molar-refractivity contribution >= 4 is 37.5 Å². The molecule has 0 saturated heterocycles. The van der Waals surface area contributed by atoms with Crippen LogP contribution in [0.4, 0.5) is 5.69 Å². The number of rotatable bonds is 2. The Balaban J connectivity index is 2.08. The van der Waals surface area contributed by atoms with E-state index in [1.54, 1.807) is 0 Å². The van der Waals surface area contributed by atoms with Gasteiger partial charge in [-0.15, -0.1) is 0 Å². The van der Waals surface area contributed by atoms with Gasteiger partial charge in [0, 0.05) is 14.6 Å². The molecule has 1 aromatic rings. The number of nitrogens with two attached hydrogens (primary N) is 1. The van der Waals surface area contributed by atoms with Gasteiger partial charge in [0.15, 0.2) is 0 Å². The van der Waals surface area contributed by atoms with Crippen molar-refractivity contribution in [2.75, 3.05) is 5.73 Å². The normalized spacial score (nSPS) is 24.9. The third kappa shape index (κ3) is 3.46. The number of halogens is 2. The highest BCUT2D eigenvalue weighted by molar-refractivity contribution is 9.11. The molecular formula is C13H17Br2NO. The maximum Gasteiger partial charge on any atom is 0.0540 e. The Hall–Kier alpha value is -0.0600. The Kier molecular flexibility index (Phi) is 4.50. The monoisotopic (exact) mass is 361 g/mol. The summed E-state index contributed by atoms with van der Waals surface area (Å²) in [7, 11) is 0. The second kappa shape index (κ2) is 5.72. The highest BCUT2D eigenvalue weighted by Gasteiger charge is 2.20. The maximum absolute atomic E-state index is 9.50. The summed E-state index contributed by atoms with van der Waals surface area (Å²) in [5.41, 5.74) is 8.13. The van der Waals surface area contributed by atoms with Gasteiger partial charge in [0.25, 0.3) is 0 Å². The fraction of sp³-hybridized carbons (Fsp3) is 0.538. The first-order chi connectivity index (χ1) is 8.06. The summed E-state index contributed by atoms with van der Waals surface area (Å²) in [5.74, 6) is 0.655. The zero-order valence-electron chi connectivity index (χ0n) is 9.63. The summed E-state index contributed by atoms with van der Waals surface area (Å²) in [4.78, 5) is 0. The van der Waals surface area contributed by atoms with Crippen LogP contribution in [-0.4, -0.2) is 11.2 Å². The molecule has 2 rings (SSSR count). The van der Waals surface area contributed by atoms with E-state index in [9.17, 15) is 5.11 Å². The zero-order valence-corrected chi connectivity index (χ0v) is 12.8. The standard InChI is InChI=1S/C13H17Br2NO/c14-10-6-9(13(16)12(15)7-10)5-8-1-3-11(17)4-2-8/h6-8,11,17H,1-5,16H2. The Labute approximate surface area is 119 Å². The van der Waals surface area contributed by atoms with Gasteiger partial charge in [-0.05, 0) is 71.6 Å². The summed E-state index contributed by atoms with van der Waals surface area (Å²) < 4.78 is 2.02. The van der Waals surface area contributed by atoms with Crippen LogP contribution in [0.3, 0.4) is 0 Å². The predicted molar refractivity (Wildman–Crippen MR) is 77.9 cm³/mol. The second-order valence-corrected chi connectivity index (χ2v) is 6.61. The van der Waals surface area contributed by atoms with E-state index in [1.807, 2.05) is 6.07 Å². The molecule has 1 aliphatic rings. The third-order valence-corrected chi connectivity index (χ3v) is 4.62. The Bertz CT molecular complexity index is 401. The maximum atomic E-state index is 9.50. The predicted octanol–water partition coefficient (Wildman–Crippen LogP) is 3.89. The van der Waals surface area contributed by atoms with Crippen LogP contribution in [0.15, 0.2) is 21.1 Å². The van der Waals surface area contributed by atoms with Gasteiger partial charge >= 0.3 is 0 Å². The average Bonchev–Trinajstić information content (AvgIpc) is 2.28. The number of aliphatic hydroxyl groups is 1. The van der Waals surface area contributed by atoms with Gasteiger partial charge in [0.1, 0.15) is 0 Å². The smallest absolute Gasteiger partial charge is 0.0540 e. The lowest BCUT2D eigenvalue weighted by Crippen LogP contribution is -2.20. The van der Waals surface area contributed by atoms with E-state index in [4.69, 9.17) is 5.73 Å². The molecule has 4 heteroatoms. The molecule has 2 nitrogen and oxygen atoms in total. The topological polar surface area (TPSA) is 46.2 Å². The van der Waals surface area contributed by atoms with Crippen LogP contribution < -0.4 is 5.73 Å². The highest BCUT2D eigenvalue weighted by Crippen LogP contribution is 2.33. The Morgan fingerprint density at radius 3 is 2.47 bits per heavy atom. The summed E-state index contributed by atoms with van der Waals surface area (Å²) in [6.45, 7) is 0. The minimum Gasteiger partial charge on any atom is -0.398 e. The lowest BCUT2D eigenvalue weighted by atomic mass is 9.83. The molecule has 1 fully saturated rings. The molecule has 0 heterocycles. The second-order valence-electron chi connectivity index (χ2n) is 4.84. The fourth-order valence-electron chi connectivity index (χ4n) is 2.47. The van der Waals surface area contributed by atoms with Gasteiger partial charge in [-0.25, -0.2) is 0 Å². The summed E-state index contributed by atoms with van der Waals surface area (Å²) in [6.07, 6.45) is 4.99. The Morgan fingerprint density at radius 1 is 1.18 bits per heavy atom. The van der Waals surface area contributed by atoms with E-state index in [2.05, 4.69) is 37.9 Å². The van der Waals surface area contributed by atoms with Crippen molar-refractivity contribution in [2.45, 2.75) is 38.2 Å². The molecule has 0 amide bonds. The molecular weight excluding hydrogens is 346 g/mol. The minimum absolute atomic E-state index is 0.0853. The number of nitrogen functional groups attached to an aromatic ring is 1. The fourth-order valence-corrected chi connectivity index (χ4v) is 3.78. The molecule has 1 saturated carbocycles. The van der Waals surface area contributed by atoms with Crippen LogP contribution in [0.2, 0.25) is 0 Å². The van der Waals surface area contributed by atoms with E-state index in [0.29, 0.717) is 5.92 Å². The summed E-state index contributed by atoms with van der Waals surface area (Å²) in [6, 6.07) is 4.08. The van der Waals surface area contributed by atoms with Crippen LogP contribution in [0.5, 0.6) is 0 Å². The van der Waals surface area contributed by atoms with E-state index in [-0.39, 0.29) is 6.10 Å². The first-order valence-corrected chi connectivity index (χ1v) is 7.56. The number of benzene rings is 1. The van der Waals surface area contributed by atoms with Gasteiger partial charge in [-0.1, -0.05) is 15.9 Å². The molecule has 0 unspecified atom stereocenters. The number of hydrogen-bond donors (Lipinski definition) is 2. The van der Waals surface area contributed by atoms with E-state index in [1.165, 1.54) is 5.56 Å². The van der Waals surface area contributed by atoms with Crippen LogP contribution in [-0.2, 0) is 6.42 Å². The number of anilines is 1. The van der Waals surface area contributed by atoms with Crippen LogP contribution in [0.1, 0.15) is 31.2 Å². The van der Waals surface area contributed by atoms with Crippen molar-refractivity contribution in [2.24, 2.45) is 5.92 Å². The van der Waals surface area contributed by atoms with Crippen molar-refractivity contribution in [1.29, 1.82) is 0 Å². The zero-order chi connectivity index (χ0) is 12.4. The number of hydrogen-bond acceptors (Lipinski definition) is 2. The summed E-state index contributed by atoms with van der Waals surface area (Å²) in [5, 5.41) is 9.50. The first-order valence-electron chi connectivity index (χ1n) is 5.97. The average molecular weight is 363 g/mol. The molecule has 3 N–H and O–H groups in total. The number of aliphatic hydroxyl groups excluding tert-OH is 1. The molecule has 1 aliphatic carbocycles. The van der Waals surface area contributed by atoms with E-state index >= 15 is 0 Å². The van der Waals surface area contributed by atoms with Crippen molar-refractivity contribution < 1.29 is 5.11 Å². The Morgan fingerprint density at radius 2 is 1.82 bits per heavy atom. The summed E-state index contributed by atoms with van der Waals surface area (Å²) >= 11 is 6.97. The van der Waals surface area contributed by atoms with Crippen LogP contribution >= 0.6 is 31.9 Å². The molecule has 1 aromatic carbocycles.